The van der Waals surface area contributed by atoms with Crippen LogP contribution in [0.3, 0.4) is 0 Å². The monoisotopic (exact) mass is 522 g/mol. The summed E-state index contributed by atoms with van der Waals surface area (Å²) < 4.78 is 0. The molecular formula is C39H26N2. The number of anilines is 3. The lowest BCUT2D eigenvalue weighted by molar-refractivity contribution is 1.30. The van der Waals surface area contributed by atoms with Gasteiger partial charge in [-0.05, 0) is 75.5 Å². The van der Waals surface area contributed by atoms with E-state index in [-0.39, 0.29) is 0 Å². The van der Waals surface area contributed by atoms with E-state index in [0.29, 0.717) is 0 Å². The summed E-state index contributed by atoms with van der Waals surface area (Å²) in [7, 11) is 0. The standard InChI is InChI=1S/C39H26N2/c1-2-12-33(13-3-1)41(38-16-8-11-30-19-18-28-9-4-6-14-35(28)39(30)38)34-23-21-27-17-20-31(25-32(27)26-34)37-24-22-29-10-5-7-15-36(29)40-37/h1-26H. The van der Waals surface area contributed by atoms with Crippen molar-refractivity contribution in [2.45, 2.75) is 0 Å². The fraction of sp³-hybridized carbons (Fsp3) is 0. The van der Waals surface area contributed by atoms with Gasteiger partial charge < -0.3 is 4.90 Å². The molecule has 0 aliphatic rings. The normalized spacial score (nSPS) is 11.4. The minimum atomic E-state index is 0.983. The molecule has 0 bridgehead atoms. The van der Waals surface area contributed by atoms with E-state index in [4.69, 9.17) is 4.98 Å². The van der Waals surface area contributed by atoms with Crippen LogP contribution in [0, 0.1) is 0 Å². The average Bonchev–Trinajstić information content (AvgIpc) is 3.05. The largest absolute Gasteiger partial charge is 0.310 e. The van der Waals surface area contributed by atoms with Crippen LogP contribution in [0.2, 0.25) is 0 Å². The minimum Gasteiger partial charge on any atom is -0.310 e. The van der Waals surface area contributed by atoms with Crippen molar-refractivity contribution >= 4 is 60.3 Å². The fourth-order valence-corrected chi connectivity index (χ4v) is 5.99. The predicted octanol–water partition coefficient (Wildman–Crippen LogP) is 10.8. The number of benzene rings is 7. The maximum Gasteiger partial charge on any atom is 0.0709 e. The number of hydrogen-bond donors (Lipinski definition) is 0. The van der Waals surface area contributed by atoms with Gasteiger partial charge in [-0.25, -0.2) is 4.98 Å². The van der Waals surface area contributed by atoms with E-state index < -0.39 is 0 Å². The van der Waals surface area contributed by atoms with Gasteiger partial charge in [-0.3, -0.25) is 0 Å². The van der Waals surface area contributed by atoms with E-state index in [9.17, 15) is 0 Å². The number of rotatable bonds is 4. The summed E-state index contributed by atoms with van der Waals surface area (Å²) >= 11 is 0. The van der Waals surface area contributed by atoms with Crippen molar-refractivity contribution < 1.29 is 0 Å². The minimum absolute atomic E-state index is 0.983. The first-order chi connectivity index (χ1) is 20.3. The summed E-state index contributed by atoms with van der Waals surface area (Å²) in [4.78, 5) is 7.34. The lowest BCUT2D eigenvalue weighted by Gasteiger charge is -2.27. The number of hydrogen-bond acceptors (Lipinski definition) is 2. The number of para-hydroxylation sites is 2. The third-order valence-electron chi connectivity index (χ3n) is 7.98. The fourth-order valence-electron chi connectivity index (χ4n) is 5.99. The van der Waals surface area contributed by atoms with Crippen LogP contribution in [0.5, 0.6) is 0 Å². The smallest absolute Gasteiger partial charge is 0.0709 e. The van der Waals surface area contributed by atoms with E-state index in [2.05, 4.69) is 157 Å². The molecule has 7 aromatic carbocycles. The van der Waals surface area contributed by atoms with Crippen LogP contribution < -0.4 is 4.90 Å². The molecule has 8 rings (SSSR count). The summed E-state index contributed by atoms with van der Waals surface area (Å²) in [6.07, 6.45) is 0. The van der Waals surface area contributed by atoms with Crippen LogP contribution in [0.1, 0.15) is 0 Å². The van der Waals surface area contributed by atoms with Crippen LogP contribution in [-0.4, -0.2) is 4.98 Å². The van der Waals surface area contributed by atoms with Crippen molar-refractivity contribution in [3.8, 4) is 11.3 Å². The van der Waals surface area contributed by atoms with Gasteiger partial charge in [-0.2, -0.15) is 0 Å². The topological polar surface area (TPSA) is 16.1 Å². The number of fused-ring (bicyclic) bond motifs is 5. The maximum absolute atomic E-state index is 4.96. The van der Waals surface area contributed by atoms with Gasteiger partial charge in [0.2, 0.25) is 0 Å². The third-order valence-corrected chi connectivity index (χ3v) is 7.98. The molecular weight excluding hydrogens is 496 g/mol. The Morgan fingerprint density at radius 2 is 1.12 bits per heavy atom. The van der Waals surface area contributed by atoms with Gasteiger partial charge in [0.15, 0.2) is 0 Å². The molecule has 0 radical (unpaired) electrons. The van der Waals surface area contributed by atoms with Gasteiger partial charge in [0.05, 0.1) is 16.9 Å². The van der Waals surface area contributed by atoms with Crippen LogP contribution >= 0.6 is 0 Å². The second-order valence-corrected chi connectivity index (χ2v) is 10.5. The quantitative estimate of drug-likeness (QED) is 0.214. The summed E-state index contributed by atoms with van der Waals surface area (Å²) in [6.45, 7) is 0. The van der Waals surface area contributed by atoms with Crippen LogP contribution in [0.4, 0.5) is 17.1 Å². The number of aromatic nitrogens is 1. The van der Waals surface area contributed by atoms with E-state index in [1.807, 2.05) is 6.07 Å². The van der Waals surface area contributed by atoms with Crippen LogP contribution in [0.15, 0.2) is 158 Å². The van der Waals surface area contributed by atoms with E-state index in [1.165, 1.54) is 32.3 Å². The van der Waals surface area contributed by atoms with Gasteiger partial charge in [-0.1, -0.05) is 109 Å². The van der Waals surface area contributed by atoms with Crippen molar-refractivity contribution in [2.24, 2.45) is 0 Å². The Bertz CT molecular complexity index is 2220. The highest BCUT2D eigenvalue weighted by Gasteiger charge is 2.17. The zero-order chi connectivity index (χ0) is 27.2. The Labute approximate surface area is 238 Å². The first kappa shape index (κ1) is 23.4. The van der Waals surface area contributed by atoms with Crippen LogP contribution in [0.25, 0.3) is 54.5 Å². The Balaban J connectivity index is 1.33. The molecule has 2 heteroatoms. The second-order valence-electron chi connectivity index (χ2n) is 10.5. The summed E-state index contributed by atoms with van der Waals surface area (Å²) in [6, 6.07) is 56.3. The summed E-state index contributed by atoms with van der Waals surface area (Å²) in [5.74, 6) is 0. The number of nitrogens with zero attached hydrogens (tertiary/aromatic N) is 2. The van der Waals surface area contributed by atoms with E-state index in [1.54, 1.807) is 0 Å². The first-order valence-electron chi connectivity index (χ1n) is 14.0. The van der Waals surface area contributed by atoms with Gasteiger partial charge in [0.1, 0.15) is 0 Å². The molecule has 2 nitrogen and oxygen atoms in total. The third kappa shape index (κ3) is 4.09. The molecule has 0 fully saturated rings. The van der Waals surface area contributed by atoms with Crippen molar-refractivity contribution in [3.05, 3.63) is 158 Å². The van der Waals surface area contributed by atoms with Crippen molar-refractivity contribution in [3.63, 3.8) is 0 Å². The number of pyridine rings is 1. The van der Waals surface area contributed by atoms with Crippen LogP contribution in [-0.2, 0) is 0 Å². The Kier molecular flexibility index (Phi) is 5.49. The lowest BCUT2D eigenvalue weighted by Crippen LogP contribution is -2.10. The van der Waals surface area contributed by atoms with Crippen molar-refractivity contribution in [1.29, 1.82) is 0 Å². The molecule has 0 spiro atoms. The lowest BCUT2D eigenvalue weighted by atomic mass is 9.99. The van der Waals surface area contributed by atoms with Crippen molar-refractivity contribution in [1.82, 2.24) is 4.98 Å². The van der Waals surface area contributed by atoms with Crippen molar-refractivity contribution in [2.75, 3.05) is 4.90 Å². The Hall–Kier alpha value is -5.47. The molecule has 0 atom stereocenters. The summed E-state index contributed by atoms with van der Waals surface area (Å²) in [5, 5.41) is 8.52. The highest BCUT2D eigenvalue weighted by atomic mass is 15.1. The Morgan fingerprint density at radius 1 is 0.415 bits per heavy atom. The molecule has 0 N–H and O–H groups in total. The molecule has 0 amide bonds. The second kappa shape index (κ2) is 9.62. The molecule has 0 saturated carbocycles. The molecule has 1 heterocycles. The zero-order valence-corrected chi connectivity index (χ0v) is 22.4. The van der Waals surface area contributed by atoms with E-state index >= 15 is 0 Å². The molecule has 41 heavy (non-hydrogen) atoms. The SMILES string of the molecule is c1ccc(N(c2ccc3ccc(-c4ccc5ccccc5n4)cc3c2)c2cccc3ccc4ccccc4c23)cc1. The highest BCUT2D eigenvalue weighted by Crippen LogP contribution is 2.42. The maximum atomic E-state index is 4.96. The highest BCUT2D eigenvalue weighted by molar-refractivity contribution is 6.15. The molecule has 1 aromatic heterocycles. The van der Waals surface area contributed by atoms with Gasteiger partial charge >= 0.3 is 0 Å². The average molecular weight is 523 g/mol. The molecule has 192 valence electrons. The van der Waals surface area contributed by atoms with Gasteiger partial charge in [0, 0.05) is 27.7 Å². The molecule has 0 saturated heterocycles. The Morgan fingerprint density at radius 3 is 2.05 bits per heavy atom. The first-order valence-corrected chi connectivity index (χ1v) is 14.0. The molecule has 8 aromatic rings. The zero-order valence-electron chi connectivity index (χ0n) is 22.4. The molecule has 0 unspecified atom stereocenters. The van der Waals surface area contributed by atoms with Gasteiger partial charge in [0.25, 0.3) is 0 Å². The summed E-state index contributed by atoms with van der Waals surface area (Å²) in [5.41, 5.74) is 6.51. The van der Waals surface area contributed by atoms with E-state index in [0.717, 1.165) is 39.2 Å². The predicted molar refractivity (Wildman–Crippen MR) is 174 cm³/mol. The molecule has 0 aliphatic carbocycles. The molecule has 0 aliphatic heterocycles. The van der Waals surface area contributed by atoms with Gasteiger partial charge in [-0.15, -0.1) is 0 Å².